The van der Waals surface area contributed by atoms with Crippen molar-refractivity contribution in [3.8, 4) is 0 Å². The fraction of sp³-hybridized carbons (Fsp3) is 1.00. The van der Waals surface area contributed by atoms with Gasteiger partial charge in [0.2, 0.25) is 0 Å². The Morgan fingerprint density at radius 3 is 2.48 bits per heavy atom. The maximum atomic E-state index is 11.8. The van der Waals surface area contributed by atoms with E-state index in [0.717, 1.165) is 24.2 Å². The standard InChI is InChI=1S/C20H35O2P/c1-5-11-20(4)17-10-12-19(3)15(13(2)21)7-8-16(19)14(17)6-9-18(20)23-22/h13-18,21H,5-12H2,1-4H3. The van der Waals surface area contributed by atoms with E-state index < -0.39 is 0 Å². The molecule has 0 spiro atoms. The summed E-state index contributed by atoms with van der Waals surface area (Å²) in [6, 6.07) is 0. The van der Waals surface area contributed by atoms with E-state index in [1.807, 2.05) is 6.92 Å². The molecule has 3 aliphatic rings. The summed E-state index contributed by atoms with van der Waals surface area (Å²) in [6.45, 7) is 9.18. The Bertz CT molecular complexity index is 451. The first-order chi connectivity index (χ1) is 10.9. The van der Waals surface area contributed by atoms with Crippen molar-refractivity contribution in [2.75, 3.05) is 0 Å². The summed E-state index contributed by atoms with van der Waals surface area (Å²) in [6.07, 6.45) is 9.69. The summed E-state index contributed by atoms with van der Waals surface area (Å²) in [5.74, 6) is 2.81. The van der Waals surface area contributed by atoms with Crippen LogP contribution < -0.4 is 0 Å². The van der Waals surface area contributed by atoms with Crippen molar-refractivity contribution < 1.29 is 9.67 Å². The van der Waals surface area contributed by atoms with Crippen molar-refractivity contribution in [1.29, 1.82) is 0 Å². The number of hydrogen-bond acceptors (Lipinski definition) is 2. The summed E-state index contributed by atoms with van der Waals surface area (Å²) < 4.78 is 11.8. The fourth-order valence-corrected chi connectivity index (χ4v) is 8.15. The minimum atomic E-state index is -0.167. The molecule has 3 rings (SSSR count). The highest BCUT2D eigenvalue weighted by Crippen LogP contribution is 2.66. The largest absolute Gasteiger partial charge is 0.393 e. The minimum Gasteiger partial charge on any atom is -0.393 e. The van der Waals surface area contributed by atoms with Gasteiger partial charge in [-0.25, -0.2) is 0 Å². The smallest absolute Gasteiger partial charge is 0.159 e. The zero-order valence-corrected chi connectivity index (χ0v) is 16.3. The predicted octanol–water partition coefficient (Wildman–Crippen LogP) is 5.69. The van der Waals surface area contributed by atoms with E-state index in [-0.39, 0.29) is 11.5 Å². The van der Waals surface area contributed by atoms with E-state index in [1.165, 1.54) is 44.9 Å². The first-order valence-electron chi connectivity index (χ1n) is 9.89. The molecule has 132 valence electrons. The van der Waals surface area contributed by atoms with Crippen LogP contribution in [0.1, 0.15) is 79.1 Å². The number of aliphatic hydroxyl groups is 1. The van der Waals surface area contributed by atoms with Crippen LogP contribution in [0.15, 0.2) is 0 Å². The van der Waals surface area contributed by atoms with Crippen molar-refractivity contribution in [2.45, 2.75) is 90.8 Å². The molecule has 23 heavy (non-hydrogen) atoms. The van der Waals surface area contributed by atoms with Gasteiger partial charge in [0.05, 0.1) is 6.10 Å². The van der Waals surface area contributed by atoms with Gasteiger partial charge in [-0.05, 0) is 86.4 Å². The summed E-state index contributed by atoms with van der Waals surface area (Å²) in [5, 5.41) is 10.3. The van der Waals surface area contributed by atoms with Crippen LogP contribution in [0.2, 0.25) is 0 Å². The van der Waals surface area contributed by atoms with Crippen LogP contribution in [-0.4, -0.2) is 16.9 Å². The summed E-state index contributed by atoms with van der Waals surface area (Å²) in [7, 11) is 0.378. The van der Waals surface area contributed by atoms with Gasteiger partial charge in [0.25, 0.3) is 0 Å². The first-order valence-corrected chi connectivity index (χ1v) is 10.8. The topological polar surface area (TPSA) is 37.3 Å². The Morgan fingerprint density at radius 2 is 1.87 bits per heavy atom. The molecule has 0 aliphatic heterocycles. The molecule has 3 aliphatic carbocycles. The summed E-state index contributed by atoms with van der Waals surface area (Å²) >= 11 is 0. The van der Waals surface area contributed by atoms with Gasteiger partial charge in [0.15, 0.2) is 8.46 Å². The first kappa shape index (κ1) is 17.9. The van der Waals surface area contributed by atoms with E-state index in [0.29, 0.717) is 25.5 Å². The fourth-order valence-electron chi connectivity index (χ4n) is 7.33. The molecule has 0 heterocycles. The van der Waals surface area contributed by atoms with Gasteiger partial charge in [-0.3, -0.25) is 4.57 Å². The molecule has 0 aromatic rings. The zero-order valence-electron chi connectivity index (χ0n) is 15.4. The van der Waals surface area contributed by atoms with E-state index in [4.69, 9.17) is 0 Å². The maximum absolute atomic E-state index is 11.8. The third-order valence-corrected chi connectivity index (χ3v) is 9.49. The maximum Gasteiger partial charge on any atom is 0.159 e. The second-order valence-electron chi connectivity index (χ2n) is 9.30. The molecule has 0 amide bonds. The summed E-state index contributed by atoms with van der Waals surface area (Å²) in [5.41, 5.74) is 0.956. The van der Waals surface area contributed by atoms with Gasteiger partial charge in [-0.15, -0.1) is 0 Å². The number of hydrogen-bond donors (Lipinski definition) is 1. The molecule has 8 atom stereocenters. The van der Waals surface area contributed by atoms with E-state index in [2.05, 4.69) is 20.8 Å². The lowest BCUT2D eigenvalue weighted by atomic mass is 9.48. The molecule has 2 nitrogen and oxygen atoms in total. The minimum absolute atomic E-state index is 0.167. The van der Waals surface area contributed by atoms with Crippen LogP contribution in [-0.2, 0) is 4.57 Å². The Morgan fingerprint density at radius 1 is 1.13 bits per heavy atom. The van der Waals surface area contributed by atoms with Crippen LogP contribution in [0.25, 0.3) is 0 Å². The van der Waals surface area contributed by atoms with Crippen LogP contribution in [0.4, 0.5) is 0 Å². The number of fused-ring (bicyclic) bond motifs is 3. The zero-order chi connectivity index (χ0) is 16.8. The van der Waals surface area contributed by atoms with Crippen molar-refractivity contribution in [3.05, 3.63) is 0 Å². The normalized spacial score (nSPS) is 51.3. The molecule has 0 aromatic heterocycles. The lowest BCUT2D eigenvalue weighted by molar-refractivity contribution is -0.0832. The highest BCUT2D eigenvalue weighted by molar-refractivity contribution is 7.24. The van der Waals surface area contributed by atoms with E-state index in [9.17, 15) is 9.67 Å². The van der Waals surface area contributed by atoms with E-state index >= 15 is 0 Å². The Balaban J connectivity index is 1.89. The highest BCUT2D eigenvalue weighted by Gasteiger charge is 2.59. The van der Waals surface area contributed by atoms with Crippen molar-refractivity contribution >= 4 is 8.46 Å². The predicted molar refractivity (Wildman–Crippen MR) is 95.9 cm³/mol. The van der Waals surface area contributed by atoms with Crippen LogP contribution in [0.5, 0.6) is 0 Å². The Kier molecular flexibility index (Phi) is 4.98. The monoisotopic (exact) mass is 338 g/mol. The van der Waals surface area contributed by atoms with Gasteiger partial charge in [-0.2, -0.15) is 0 Å². The SMILES string of the molecule is CCCC1(C)C(P=O)CCC2C1CCC1(C)C(C(C)O)CCC21. The van der Waals surface area contributed by atoms with Crippen molar-refractivity contribution in [1.82, 2.24) is 0 Å². The second kappa shape index (κ2) is 6.41. The number of aliphatic hydroxyl groups excluding tert-OH is 1. The molecule has 8 unspecified atom stereocenters. The molecule has 3 fully saturated rings. The quantitative estimate of drug-likeness (QED) is 0.669. The molecule has 0 saturated heterocycles. The molecule has 0 bridgehead atoms. The van der Waals surface area contributed by atoms with Gasteiger partial charge >= 0.3 is 0 Å². The molecule has 0 aromatic carbocycles. The average molecular weight is 338 g/mol. The van der Waals surface area contributed by atoms with Gasteiger partial charge < -0.3 is 5.11 Å². The number of rotatable bonds is 4. The Labute approximate surface area is 144 Å². The van der Waals surface area contributed by atoms with Gasteiger partial charge in [0.1, 0.15) is 0 Å². The van der Waals surface area contributed by atoms with Gasteiger partial charge in [-0.1, -0.05) is 27.2 Å². The molecule has 1 N–H and O–H groups in total. The second-order valence-corrected chi connectivity index (χ2v) is 10.1. The van der Waals surface area contributed by atoms with Crippen molar-refractivity contribution in [2.24, 2.45) is 34.5 Å². The average Bonchev–Trinajstić information content (AvgIpc) is 2.85. The van der Waals surface area contributed by atoms with Crippen LogP contribution in [0.3, 0.4) is 0 Å². The van der Waals surface area contributed by atoms with Crippen LogP contribution >= 0.6 is 8.46 Å². The lowest BCUT2D eigenvalue weighted by Gasteiger charge is -2.58. The molecular formula is C20H35O2P. The summed E-state index contributed by atoms with van der Waals surface area (Å²) in [4.78, 5) is 0. The third kappa shape index (κ3) is 2.63. The molecular weight excluding hydrogens is 303 g/mol. The molecule has 0 radical (unpaired) electrons. The molecule has 3 heteroatoms. The molecule has 3 saturated carbocycles. The highest BCUT2D eigenvalue weighted by atomic mass is 31.1. The lowest BCUT2D eigenvalue weighted by Crippen LogP contribution is -2.53. The van der Waals surface area contributed by atoms with Crippen LogP contribution in [0, 0.1) is 34.5 Å². The van der Waals surface area contributed by atoms with Gasteiger partial charge in [0, 0.05) is 5.66 Å². The Hall–Kier alpha value is 0.0600. The third-order valence-electron chi connectivity index (χ3n) is 8.39. The van der Waals surface area contributed by atoms with Crippen molar-refractivity contribution in [3.63, 3.8) is 0 Å². The van der Waals surface area contributed by atoms with E-state index in [1.54, 1.807) is 0 Å².